The highest BCUT2D eigenvalue weighted by Crippen LogP contribution is 2.19. The summed E-state index contributed by atoms with van der Waals surface area (Å²) in [5.41, 5.74) is 4.39. The Labute approximate surface area is 176 Å². The minimum Gasteiger partial charge on any atom is -0.349 e. The number of carbonyl (C=O) groups excluding carboxylic acids is 1. The molecule has 2 heterocycles. The maximum Gasteiger partial charge on any atom is 0.253 e. The number of nitrogens with zero attached hydrogens (tertiary/aromatic N) is 2. The smallest absolute Gasteiger partial charge is 0.253 e. The highest BCUT2D eigenvalue weighted by molar-refractivity contribution is 5.95. The van der Waals surface area contributed by atoms with Crippen LogP contribution in [0.15, 0.2) is 66.7 Å². The summed E-state index contributed by atoms with van der Waals surface area (Å²) in [6.07, 6.45) is 1.81. The second-order valence-electron chi connectivity index (χ2n) is 7.85. The van der Waals surface area contributed by atoms with E-state index >= 15 is 0 Å². The number of aryl methyl sites for hydroxylation is 1. The average Bonchev–Trinajstić information content (AvgIpc) is 2.77. The topological polar surface area (TPSA) is 45.2 Å². The van der Waals surface area contributed by atoms with Crippen molar-refractivity contribution in [3.63, 3.8) is 0 Å². The van der Waals surface area contributed by atoms with E-state index in [0.29, 0.717) is 5.56 Å². The molecule has 0 radical (unpaired) electrons. The fourth-order valence-corrected chi connectivity index (χ4v) is 3.92. The van der Waals surface area contributed by atoms with Gasteiger partial charge in [-0.2, -0.15) is 0 Å². The molecule has 0 spiro atoms. The fourth-order valence-electron chi connectivity index (χ4n) is 3.92. The van der Waals surface area contributed by atoms with E-state index in [1.807, 2.05) is 61.5 Å². The second kappa shape index (κ2) is 9.18. The standard InChI is InChI=1S/C25H26FN3O/c1-18-23(11-12-24(27-18)20-5-3-2-4-6-20)25(30)28-22-13-15-29(16-14-22)17-19-7-9-21(26)10-8-19/h2-12,22H,13-17H2,1H3,(H,28,30). The minimum atomic E-state index is -0.207. The molecule has 1 fully saturated rings. The molecule has 0 bridgehead atoms. The van der Waals surface area contributed by atoms with E-state index in [-0.39, 0.29) is 17.8 Å². The molecule has 4 rings (SSSR count). The predicted octanol–water partition coefficient (Wildman–Crippen LogP) is 4.59. The minimum absolute atomic E-state index is 0.0587. The summed E-state index contributed by atoms with van der Waals surface area (Å²) in [5, 5.41) is 3.17. The second-order valence-corrected chi connectivity index (χ2v) is 7.85. The Balaban J connectivity index is 1.32. The molecule has 1 saturated heterocycles. The SMILES string of the molecule is Cc1nc(-c2ccccc2)ccc1C(=O)NC1CCN(Cc2ccc(F)cc2)CC1. The summed E-state index contributed by atoms with van der Waals surface area (Å²) in [7, 11) is 0. The van der Waals surface area contributed by atoms with Gasteiger partial charge in [0.1, 0.15) is 5.82 Å². The molecule has 2 aromatic carbocycles. The van der Waals surface area contributed by atoms with Crippen LogP contribution in [0.4, 0.5) is 4.39 Å². The normalized spacial score (nSPS) is 15.1. The lowest BCUT2D eigenvalue weighted by Crippen LogP contribution is -2.44. The van der Waals surface area contributed by atoms with Gasteiger partial charge >= 0.3 is 0 Å². The summed E-state index contributed by atoms with van der Waals surface area (Å²) >= 11 is 0. The molecular weight excluding hydrogens is 377 g/mol. The lowest BCUT2D eigenvalue weighted by atomic mass is 10.0. The van der Waals surface area contributed by atoms with E-state index in [1.54, 1.807) is 0 Å². The van der Waals surface area contributed by atoms with Crippen LogP contribution in [0.1, 0.15) is 34.5 Å². The zero-order valence-electron chi connectivity index (χ0n) is 17.1. The lowest BCUT2D eigenvalue weighted by Gasteiger charge is -2.32. The number of amides is 1. The van der Waals surface area contributed by atoms with Gasteiger partial charge in [-0.3, -0.25) is 14.7 Å². The van der Waals surface area contributed by atoms with Gasteiger partial charge in [-0.15, -0.1) is 0 Å². The quantitative estimate of drug-likeness (QED) is 0.678. The van der Waals surface area contributed by atoms with Crippen LogP contribution in [0.25, 0.3) is 11.3 Å². The number of piperidine rings is 1. The predicted molar refractivity (Wildman–Crippen MR) is 117 cm³/mol. The van der Waals surface area contributed by atoms with Crippen LogP contribution >= 0.6 is 0 Å². The van der Waals surface area contributed by atoms with E-state index in [4.69, 9.17) is 0 Å². The zero-order valence-corrected chi connectivity index (χ0v) is 17.1. The summed E-state index contributed by atoms with van der Waals surface area (Å²) in [6, 6.07) is 20.6. The number of halogens is 1. The fraction of sp³-hybridized carbons (Fsp3) is 0.280. The average molecular weight is 404 g/mol. The molecule has 1 amide bonds. The van der Waals surface area contributed by atoms with Gasteiger partial charge in [0.2, 0.25) is 0 Å². The van der Waals surface area contributed by atoms with E-state index in [1.165, 1.54) is 12.1 Å². The zero-order chi connectivity index (χ0) is 20.9. The van der Waals surface area contributed by atoms with Crippen molar-refractivity contribution in [3.8, 4) is 11.3 Å². The Hall–Kier alpha value is -3.05. The van der Waals surface area contributed by atoms with Gasteiger partial charge in [0, 0.05) is 31.2 Å². The number of carbonyl (C=O) groups is 1. The lowest BCUT2D eigenvalue weighted by molar-refractivity contribution is 0.0908. The third kappa shape index (κ3) is 4.92. The Morgan fingerprint density at radius 1 is 1.03 bits per heavy atom. The molecule has 1 aliphatic heterocycles. The van der Waals surface area contributed by atoms with Crippen molar-refractivity contribution in [1.29, 1.82) is 0 Å². The van der Waals surface area contributed by atoms with Gasteiger partial charge in [-0.25, -0.2) is 4.39 Å². The number of benzene rings is 2. The maximum absolute atomic E-state index is 13.1. The van der Waals surface area contributed by atoms with Crippen molar-refractivity contribution in [1.82, 2.24) is 15.2 Å². The molecule has 0 saturated carbocycles. The maximum atomic E-state index is 13.1. The van der Waals surface area contributed by atoms with Crippen LogP contribution in [0.2, 0.25) is 0 Å². The number of hydrogen-bond acceptors (Lipinski definition) is 3. The van der Waals surface area contributed by atoms with Crippen LogP contribution < -0.4 is 5.32 Å². The number of likely N-dealkylation sites (tertiary alicyclic amines) is 1. The van der Waals surface area contributed by atoms with Crippen molar-refractivity contribution in [3.05, 3.63) is 89.4 Å². The van der Waals surface area contributed by atoms with Gasteiger partial charge in [-0.05, 0) is 49.6 Å². The van der Waals surface area contributed by atoms with Gasteiger partial charge in [0.05, 0.1) is 17.0 Å². The van der Waals surface area contributed by atoms with Crippen molar-refractivity contribution >= 4 is 5.91 Å². The Morgan fingerprint density at radius 3 is 2.40 bits per heavy atom. The summed E-state index contributed by atoms with van der Waals surface area (Å²) in [5.74, 6) is -0.265. The van der Waals surface area contributed by atoms with Crippen LogP contribution in [-0.4, -0.2) is 34.9 Å². The summed E-state index contributed by atoms with van der Waals surface area (Å²) < 4.78 is 13.1. The number of hydrogen-bond donors (Lipinski definition) is 1. The van der Waals surface area contributed by atoms with E-state index < -0.39 is 0 Å². The van der Waals surface area contributed by atoms with Crippen molar-refractivity contribution in [2.45, 2.75) is 32.4 Å². The number of nitrogens with one attached hydrogen (secondary N) is 1. The van der Waals surface area contributed by atoms with E-state index in [9.17, 15) is 9.18 Å². The number of aromatic nitrogens is 1. The van der Waals surface area contributed by atoms with Gasteiger partial charge < -0.3 is 5.32 Å². The molecule has 5 heteroatoms. The molecule has 30 heavy (non-hydrogen) atoms. The number of rotatable bonds is 5. The Kier molecular flexibility index (Phi) is 6.19. The largest absolute Gasteiger partial charge is 0.349 e. The first-order valence-electron chi connectivity index (χ1n) is 10.4. The summed E-state index contributed by atoms with van der Waals surface area (Å²) in [4.78, 5) is 19.8. The van der Waals surface area contributed by atoms with Crippen LogP contribution in [0.3, 0.4) is 0 Å². The van der Waals surface area contributed by atoms with E-state index in [0.717, 1.165) is 55.0 Å². The summed E-state index contributed by atoms with van der Waals surface area (Å²) in [6.45, 7) is 4.51. The van der Waals surface area contributed by atoms with Crippen LogP contribution in [0.5, 0.6) is 0 Å². The molecule has 154 valence electrons. The van der Waals surface area contributed by atoms with Crippen LogP contribution in [0, 0.1) is 12.7 Å². The van der Waals surface area contributed by atoms with Crippen molar-refractivity contribution in [2.75, 3.05) is 13.1 Å². The molecule has 0 atom stereocenters. The molecule has 1 aromatic heterocycles. The molecular formula is C25H26FN3O. The molecule has 1 N–H and O–H groups in total. The highest BCUT2D eigenvalue weighted by Gasteiger charge is 2.22. The molecule has 0 unspecified atom stereocenters. The first kappa shape index (κ1) is 20.2. The van der Waals surface area contributed by atoms with Crippen molar-refractivity contribution < 1.29 is 9.18 Å². The Bertz CT molecular complexity index is 997. The van der Waals surface area contributed by atoms with Crippen molar-refractivity contribution in [2.24, 2.45) is 0 Å². The Morgan fingerprint density at radius 2 is 1.73 bits per heavy atom. The first-order valence-corrected chi connectivity index (χ1v) is 10.4. The first-order chi connectivity index (χ1) is 14.6. The van der Waals surface area contributed by atoms with Gasteiger partial charge in [0.15, 0.2) is 0 Å². The van der Waals surface area contributed by atoms with Crippen LogP contribution in [-0.2, 0) is 6.54 Å². The third-order valence-electron chi connectivity index (χ3n) is 5.64. The number of pyridine rings is 1. The monoisotopic (exact) mass is 403 g/mol. The highest BCUT2D eigenvalue weighted by atomic mass is 19.1. The third-order valence-corrected chi connectivity index (χ3v) is 5.64. The van der Waals surface area contributed by atoms with Gasteiger partial charge in [0.25, 0.3) is 5.91 Å². The van der Waals surface area contributed by atoms with E-state index in [2.05, 4.69) is 15.2 Å². The molecule has 4 nitrogen and oxygen atoms in total. The molecule has 3 aromatic rings. The van der Waals surface area contributed by atoms with Gasteiger partial charge in [-0.1, -0.05) is 42.5 Å². The molecule has 1 aliphatic rings. The molecule has 0 aliphatic carbocycles.